The van der Waals surface area contributed by atoms with Crippen LogP contribution in [-0.2, 0) is 14.6 Å². The standard InChI is InChI=1S/C13H16O5S/c1-2-19(16,17)10-9-18-12-6-4-3-5-11(12)7-8-13(14)15/h3-8H,2,9-10H2,1H3,(H,14,15)/b8-7+. The molecule has 0 aliphatic rings. The summed E-state index contributed by atoms with van der Waals surface area (Å²) in [5, 5.41) is 8.57. The summed E-state index contributed by atoms with van der Waals surface area (Å²) in [4.78, 5) is 10.5. The number of ether oxygens (including phenoxy) is 1. The Labute approximate surface area is 112 Å². The van der Waals surface area contributed by atoms with E-state index in [9.17, 15) is 13.2 Å². The molecule has 0 aliphatic carbocycles. The van der Waals surface area contributed by atoms with Crippen LogP contribution >= 0.6 is 0 Å². The Balaban J connectivity index is 2.71. The van der Waals surface area contributed by atoms with E-state index in [2.05, 4.69) is 0 Å². The van der Waals surface area contributed by atoms with Gasteiger partial charge in [-0.05, 0) is 12.1 Å². The third kappa shape index (κ3) is 5.56. The molecule has 0 aliphatic heterocycles. The molecule has 1 N–H and O–H groups in total. The molecule has 1 aromatic carbocycles. The first-order chi connectivity index (χ1) is 8.94. The molecule has 5 nitrogen and oxygen atoms in total. The molecule has 0 fully saturated rings. The highest BCUT2D eigenvalue weighted by atomic mass is 32.2. The lowest BCUT2D eigenvalue weighted by Gasteiger charge is -2.08. The first-order valence-electron chi connectivity index (χ1n) is 5.78. The monoisotopic (exact) mass is 284 g/mol. The molecule has 0 saturated heterocycles. The second kappa shape index (κ2) is 6.94. The second-order valence-electron chi connectivity index (χ2n) is 3.79. The van der Waals surface area contributed by atoms with Crippen LogP contribution in [0, 0.1) is 0 Å². The zero-order valence-electron chi connectivity index (χ0n) is 10.6. The molecule has 19 heavy (non-hydrogen) atoms. The van der Waals surface area contributed by atoms with Gasteiger partial charge >= 0.3 is 5.97 Å². The van der Waals surface area contributed by atoms with E-state index >= 15 is 0 Å². The lowest BCUT2D eigenvalue weighted by atomic mass is 10.2. The highest BCUT2D eigenvalue weighted by Crippen LogP contribution is 2.19. The van der Waals surface area contributed by atoms with E-state index in [1.807, 2.05) is 0 Å². The van der Waals surface area contributed by atoms with E-state index in [1.54, 1.807) is 31.2 Å². The van der Waals surface area contributed by atoms with Crippen LogP contribution in [0.4, 0.5) is 0 Å². The smallest absolute Gasteiger partial charge is 0.328 e. The minimum atomic E-state index is -3.07. The predicted molar refractivity (Wildman–Crippen MR) is 72.9 cm³/mol. The average molecular weight is 284 g/mol. The van der Waals surface area contributed by atoms with Gasteiger partial charge in [0.05, 0.1) is 5.75 Å². The van der Waals surface area contributed by atoms with E-state index in [0.717, 1.165) is 6.08 Å². The molecule has 1 rings (SSSR count). The molecular formula is C13H16O5S. The maximum atomic E-state index is 11.3. The van der Waals surface area contributed by atoms with Crippen LogP contribution < -0.4 is 4.74 Å². The van der Waals surface area contributed by atoms with Gasteiger partial charge in [0, 0.05) is 17.4 Å². The number of hydrogen-bond acceptors (Lipinski definition) is 4. The summed E-state index contributed by atoms with van der Waals surface area (Å²) in [5.74, 6) is -0.563. The van der Waals surface area contributed by atoms with Crippen molar-refractivity contribution in [1.29, 1.82) is 0 Å². The number of hydrogen-bond donors (Lipinski definition) is 1. The SMILES string of the molecule is CCS(=O)(=O)CCOc1ccccc1/C=C/C(=O)O. The van der Waals surface area contributed by atoms with Crippen LogP contribution in [0.2, 0.25) is 0 Å². The summed E-state index contributed by atoms with van der Waals surface area (Å²) in [5.41, 5.74) is 0.596. The predicted octanol–water partition coefficient (Wildman–Crippen LogP) is 1.60. The maximum Gasteiger partial charge on any atom is 0.328 e. The Morgan fingerprint density at radius 3 is 2.68 bits per heavy atom. The molecule has 0 atom stereocenters. The van der Waals surface area contributed by atoms with Crippen LogP contribution in [0.25, 0.3) is 6.08 Å². The number of rotatable bonds is 7. The number of aliphatic carboxylic acids is 1. The van der Waals surface area contributed by atoms with Crippen molar-refractivity contribution in [3.63, 3.8) is 0 Å². The van der Waals surface area contributed by atoms with Gasteiger partial charge < -0.3 is 9.84 Å². The number of carboxylic acid groups (broad SMARTS) is 1. The summed E-state index contributed by atoms with van der Waals surface area (Å²) < 4.78 is 28.0. The molecule has 0 radical (unpaired) electrons. The van der Waals surface area contributed by atoms with Crippen molar-refractivity contribution in [2.24, 2.45) is 0 Å². The highest BCUT2D eigenvalue weighted by molar-refractivity contribution is 7.91. The molecule has 0 bridgehead atoms. The maximum absolute atomic E-state index is 11.3. The molecule has 6 heteroatoms. The van der Waals surface area contributed by atoms with E-state index in [-0.39, 0.29) is 18.1 Å². The second-order valence-corrected chi connectivity index (χ2v) is 6.27. The average Bonchev–Trinajstić information content (AvgIpc) is 2.37. The van der Waals surface area contributed by atoms with Crippen molar-refractivity contribution >= 4 is 21.9 Å². The normalized spacial score (nSPS) is 11.6. The Morgan fingerprint density at radius 2 is 2.05 bits per heavy atom. The van der Waals surface area contributed by atoms with E-state index in [1.165, 1.54) is 6.08 Å². The highest BCUT2D eigenvalue weighted by Gasteiger charge is 2.08. The largest absolute Gasteiger partial charge is 0.492 e. The molecule has 0 heterocycles. The summed E-state index contributed by atoms with van der Waals surface area (Å²) in [7, 11) is -3.07. The van der Waals surface area contributed by atoms with Gasteiger partial charge in [-0.1, -0.05) is 25.1 Å². The van der Waals surface area contributed by atoms with Gasteiger partial charge in [-0.2, -0.15) is 0 Å². The lowest BCUT2D eigenvalue weighted by molar-refractivity contribution is -0.131. The van der Waals surface area contributed by atoms with Crippen molar-refractivity contribution in [3.8, 4) is 5.75 Å². The van der Waals surface area contributed by atoms with Gasteiger partial charge in [0.15, 0.2) is 9.84 Å². The van der Waals surface area contributed by atoms with Gasteiger partial charge in [0.1, 0.15) is 12.4 Å². The first kappa shape index (κ1) is 15.2. The number of carboxylic acids is 1. The molecule has 0 aromatic heterocycles. The summed E-state index contributed by atoms with van der Waals surface area (Å²) in [6, 6.07) is 6.85. The number of sulfone groups is 1. The first-order valence-corrected chi connectivity index (χ1v) is 7.60. The summed E-state index contributed by atoms with van der Waals surface area (Å²) in [6.45, 7) is 1.63. The third-order valence-electron chi connectivity index (χ3n) is 2.42. The minimum absolute atomic E-state index is 0.0497. The fraction of sp³-hybridized carbons (Fsp3) is 0.308. The Kier molecular flexibility index (Phi) is 5.57. The quantitative estimate of drug-likeness (QED) is 0.769. The fourth-order valence-electron chi connectivity index (χ4n) is 1.33. The molecule has 1 aromatic rings. The van der Waals surface area contributed by atoms with Crippen LogP contribution in [0.15, 0.2) is 30.3 Å². The Hall–Kier alpha value is -1.82. The topological polar surface area (TPSA) is 80.7 Å². The van der Waals surface area contributed by atoms with Crippen LogP contribution in [0.3, 0.4) is 0 Å². The summed E-state index contributed by atoms with van der Waals surface area (Å²) in [6.07, 6.45) is 2.41. The molecular weight excluding hydrogens is 268 g/mol. The molecule has 0 amide bonds. The molecule has 104 valence electrons. The van der Waals surface area contributed by atoms with E-state index < -0.39 is 15.8 Å². The Bertz CT molecular complexity index is 560. The lowest BCUT2D eigenvalue weighted by Crippen LogP contribution is -2.15. The van der Waals surface area contributed by atoms with E-state index in [0.29, 0.717) is 11.3 Å². The zero-order chi connectivity index (χ0) is 14.3. The van der Waals surface area contributed by atoms with Gasteiger partial charge in [-0.3, -0.25) is 0 Å². The van der Waals surface area contributed by atoms with Crippen molar-refractivity contribution < 1.29 is 23.1 Å². The van der Waals surface area contributed by atoms with Gasteiger partial charge in [-0.15, -0.1) is 0 Å². The number of benzene rings is 1. The van der Waals surface area contributed by atoms with Crippen molar-refractivity contribution in [2.45, 2.75) is 6.92 Å². The molecule has 0 unspecified atom stereocenters. The zero-order valence-corrected chi connectivity index (χ0v) is 11.4. The van der Waals surface area contributed by atoms with Crippen molar-refractivity contribution in [2.75, 3.05) is 18.1 Å². The number of carbonyl (C=O) groups is 1. The molecule has 0 saturated carbocycles. The van der Waals surface area contributed by atoms with Gasteiger partial charge in [0.2, 0.25) is 0 Å². The van der Waals surface area contributed by atoms with Crippen molar-refractivity contribution in [3.05, 3.63) is 35.9 Å². The summed E-state index contributed by atoms with van der Waals surface area (Å²) >= 11 is 0. The minimum Gasteiger partial charge on any atom is -0.492 e. The third-order valence-corrected chi connectivity index (χ3v) is 4.08. The number of para-hydroxylation sites is 1. The van der Waals surface area contributed by atoms with Crippen molar-refractivity contribution in [1.82, 2.24) is 0 Å². The molecule has 0 spiro atoms. The van der Waals surface area contributed by atoms with Crippen LogP contribution in [0.1, 0.15) is 12.5 Å². The Morgan fingerprint density at radius 1 is 1.37 bits per heavy atom. The van der Waals surface area contributed by atoms with Gasteiger partial charge in [0.25, 0.3) is 0 Å². The van der Waals surface area contributed by atoms with Crippen LogP contribution in [-0.4, -0.2) is 37.6 Å². The van der Waals surface area contributed by atoms with Gasteiger partial charge in [-0.25, -0.2) is 13.2 Å². The van der Waals surface area contributed by atoms with Crippen LogP contribution in [0.5, 0.6) is 5.75 Å². The van der Waals surface area contributed by atoms with E-state index in [4.69, 9.17) is 9.84 Å². The fourth-order valence-corrected chi connectivity index (χ4v) is 1.96.